The van der Waals surface area contributed by atoms with E-state index in [0.29, 0.717) is 16.5 Å². The van der Waals surface area contributed by atoms with Crippen LogP contribution in [0.5, 0.6) is 11.5 Å². The summed E-state index contributed by atoms with van der Waals surface area (Å²) < 4.78 is 11.1. The quantitative estimate of drug-likeness (QED) is 0.491. The molecule has 0 spiro atoms. The Bertz CT molecular complexity index is 949. The molecular formula is C21H17ClO3. The Hall–Kier alpha value is -2.52. The van der Waals surface area contributed by atoms with Gasteiger partial charge in [0.15, 0.2) is 6.61 Å². The summed E-state index contributed by atoms with van der Waals surface area (Å²) in [7, 11) is 0. The number of carbonyl (C=O) groups excluding carboxylic acids is 1. The van der Waals surface area contributed by atoms with Crippen LogP contribution in [0.2, 0.25) is 5.02 Å². The molecule has 0 bridgehead atoms. The van der Waals surface area contributed by atoms with Crippen LogP contribution in [-0.4, -0.2) is 12.6 Å². The standard InChI is InChI=1S/C21H17ClO3/c22-19-10-11-20(18-7-2-1-6-17(18)19)25-21(23)13-24-16-9-8-14-4-3-5-15(14)12-16/h1-2,6-12H,3-5,13H2. The number of benzene rings is 3. The van der Waals surface area contributed by atoms with Gasteiger partial charge in [-0.25, -0.2) is 4.79 Å². The predicted octanol–water partition coefficient (Wildman–Crippen LogP) is 4.97. The number of carbonyl (C=O) groups is 1. The van der Waals surface area contributed by atoms with Crippen LogP contribution in [0.1, 0.15) is 17.5 Å². The van der Waals surface area contributed by atoms with Crippen molar-refractivity contribution in [2.75, 3.05) is 6.61 Å². The summed E-state index contributed by atoms with van der Waals surface area (Å²) in [4.78, 5) is 12.2. The fourth-order valence-corrected chi connectivity index (χ4v) is 3.48. The first-order valence-corrected chi connectivity index (χ1v) is 8.71. The van der Waals surface area contributed by atoms with Gasteiger partial charge in [0.05, 0.1) is 0 Å². The van der Waals surface area contributed by atoms with Gasteiger partial charge in [0, 0.05) is 15.8 Å². The molecule has 25 heavy (non-hydrogen) atoms. The molecule has 0 amide bonds. The molecule has 0 atom stereocenters. The Labute approximate surface area is 151 Å². The summed E-state index contributed by atoms with van der Waals surface area (Å²) in [6, 6.07) is 17.0. The van der Waals surface area contributed by atoms with Crippen molar-refractivity contribution < 1.29 is 14.3 Å². The van der Waals surface area contributed by atoms with Gasteiger partial charge in [-0.3, -0.25) is 0 Å². The van der Waals surface area contributed by atoms with Crippen molar-refractivity contribution in [2.45, 2.75) is 19.3 Å². The molecule has 3 aromatic carbocycles. The van der Waals surface area contributed by atoms with Crippen LogP contribution in [0, 0.1) is 0 Å². The second-order valence-electron chi connectivity index (χ2n) is 6.14. The third-order valence-electron chi connectivity index (χ3n) is 4.48. The number of fused-ring (bicyclic) bond motifs is 2. The highest BCUT2D eigenvalue weighted by molar-refractivity contribution is 6.35. The first kappa shape index (κ1) is 16.0. The zero-order valence-electron chi connectivity index (χ0n) is 13.6. The molecule has 0 N–H and O–H groups in total. The number of aryl methyl sites for hydroxylation is 2. The molecule has 4 rings (SSSR count). The Morgan fingerprint density at radius 3 is 2.64 bits per heavy atom. The number of ether oxygens (including phenoxy) is 2. The Morgan fingerprint density at radius 1 is 0.960 bits per heavy atom. The van der Waals surface area contributed by atoms with E-state index in [1.807, 2.05) is 36.4 Å². The SMILES string of the molecule is O=C(COc1ccc2c(c1)CCC2)Oc1ccc(Cl)c2ccccc12. The van der Waals surface area contributed by atoms with Crippen molar-refractivity contribution in [3.05, 3.63) is 70.7 Å². The normalized spacial score (nSPS) is 12.8. The van der Waals surface area contributed by atoms with Gasteiger partial charge in [0.2, 0.25) is 0 Å². The van der Waals surface area contributed by atoms with Crippen molar-refractivity contribution in [3.63, 3.8) is 0 Å². The van der Waals surface area contributed by atoms with Crippen LogP contribution in [0.4, 0.5) is 0 Å². The van der Waals surface area contributed by atoms with Gasteiger partial charge in [-0.15, -0.1) is 0 Å². The summed E-state index contributed by atoms with van der Waals surface area (Å²) in [5.41, 5.74) is 2.69. The summed E-state index contributed by atoms with van der Waals surface area (Å²) in [5.74, 6) is 0.758. The van der Waals surface area contributed by atoms with Gasteiger partial charge in [0.25, 0.3) is 0 Å². The molecule has 126 valence electrons. The maximum Gasteiger partial charge on any atom is 0.349 e. The van der Waals surface area contributed by atoms with Crippen LogP contribution < -0.4 is 9.47 Å². The lowest BCUT2D eigenvalue weighted by Crippen LogP contribution is -2.17. The fraction of sp³-hybridized carbons (Fsp3) is 0.190. The minimum absolute atomic E-state index is 0.129. The molecule has 0 radical (unpaired) electrons. The number of esters is 1. The topological polar surface area (TPSA) is 35.5 Å². The Balaban J connectivity index is 1.45. The maximum atomic E-state index is 12.2. The molecule has 1 aliphatic rings. The van der Waals surface area contributed by atoms with Crippen LogP contribution >= 0.6 is 11.6 Å². The van der Waals surface area contributed by atoms with E-state index >= 15 is 0 Å². The second-order valence-corrected chi connectivity index (χ2v) is 6.55. The fourth-order valence-electron chi connectivity index (χ4n) is 3.26. The van der Waals surface area contributed by atoms with E-state index in [1.165, 1.54) is 17.5 Å². The van der Waals surface area contributed by atoms with Crippen LogP contribution in [-0.2, 0) is 17.6 Å². The van der Waals surface area contributed by atoms with Crippen molar-refractivity contribution in [2.24, 2.45) is 0 Å². The van der Waals surface area contributed by atoms with Crippen molar-refractivity contribution >= 4 is 28.3 Å². The van der Waals surface area contributed by atoms with E-state index in [2.05, 4.69) is 6.07 Å². The third-order valence-corrected chi connectivity index (χ3v) is 4.81. The highest BCUT2D eigenvalue weighted by Crippen LogP contribution is 2.31. The number of hydrogen-bond acceptors (Lipinski definition) is 3. The van der Waals surface area contributed by atoms with E-state index in [0.717, 1.165) is 23.6 Å². The lowest BCUT2D eigenvalue weighted by atomic mass is 10.1. The largest absolute Gasteiger partial charge is 0.482 e. The van der Waals surface area contributed by atoms with Crippen molar-refractivity contribution in [1.82, 2.24) is 0 Å². The molecule has 0 unspecified atom stereocenters. The lowest BCUT2D eigenvalue weighted by Gasteiger charge is -2.10. The van der Waals surface area contributed by atoms with Gasteiger partial charge < -0.3 is 9.47 Å². The van der Waals surface area contributed by atoms with Gasteiger partial charge in [-0.2, -0.15) is 0 Å². The zero-order valence-corrected chi connectivity index (χ0v) is 14.4. The zero-order chi connectivity index (χ0) is 17.2. The third kappa shape index (κ3) is 3.33. The average Bonchev–Trinajstić information content (AvgIpc) is 3.10. The smallest absolute Gasteiger partial charge is 0.349 e. The molecule has 0 aromatic heterocycles. The van der Waals surface area contributed by atoms with E-state index in [4.69, 9.17) is 21.1 Å². The minimum atomic E-state index is -0.437. The maximum absolute atomic E-state index is 12.2. The van der Waals surface area contributed by atoms with E-state index in [-0.39, 0.29) is 6.61 Å². The highest BCUT2D eigenvalue weighted by atomic mass is 35.5. The van der Waals surface area contributed by atoms with E-state index in [9.17, 15) is 4.79 Å². The van der Waals surface area contributed by atoms with Crippen LogP contribution in [0.25, 0.3) is 10.8 Å². The average molecular weight is 353 g/mol. The van der Waals surface area contributed by atoms with E-state index < -0.39 is 5.97 Å². The van der Waals surface area contributed by atoms with Gasteiger partial charge in [0.1, 0.15) is 11.5 Å². The molecule has 3 aromatic rings. The van der Waals surface area contributed by atoms with Gasteiger partial charge in [-0.1, -0.05) is 41.9 Å². The molecule has 0 saturated heterocycles. The molecule has 0 heterocycles. The predicted molar refractivity (Wildman–Crippen MR) is 98.6 cm³/mol. The number of halogens is 1. The highest BCUT2D eigenvalue weighted by Gasteiger charge is 2.13. The summed E-state index contributed by atoms with van der Waals surface area (Å²) >= 11 is 6.19. The van der Waals surface area contributed by atoms with Crippen LogP contribution in [0.3, 0.4) is 0 Å². The molecule has 1 aliphatic carbocycles. The van der Waals surface area contributed by atoms with Gasteiger partial charge >= 0.3 is 5.97 Å². The minimum Gasteiger partial charge on any atom is -0.482 e. The van der Waals surface area contributed by atoms with Gasteiger partial charge in [-0.05, 0) is 54.7 Å². The monoisotopic (exact) mass is 352 g/mol. The lowest BCUT2D eigenvalue weighted by molar-refractivity contribution is -0.136. The summed E-state index contributed by atoms with van der Waals surface area (Å²) in [6.07, 6.45) is 3.39. The second kappa shape index (κ2) is 6.77. The molecular weight excluding hydrogens is 336 g/mol. The van der Waals surface area contributed by atoms with Crippen molar-refractivity contribution in [3.8, 4) is 11.5 Å². The number of rotatable bonds is 4. The molecule has 0 aliphatic heterocycles. The summed E-state index contributed by atoms with van der Waals surface area (Å²) in [6.45, 7) is -0.129. The molecule has 0 saturated carbocycles. The van der Waals surface area contributed by atoms with E-state index in [1.54, 1.807) is 12.1 Å². The molecule has 0 fully saturated rings. The molecule has 4 heteroatoms. The van der Waals surface area contributed by atoms with Crippen molar-refractivity contribution in [1.29, 1.82) is 0 Å². The Morgan fingerprint density at radius 2 is 1.76 bits per heavy atom. The first-order chi connectivity index (χ1) is 12.2. The number of hydrogen-bond donors (Lipinski definition) is 0. The molecule has 3 nitrogen and oxygen atoms in total. The van der Waals surface area contributed by atoms with Crippen LogP contribution in [0.15, 0.2) is 54.6 Å². The first-order valence-electron chi connectivity index (χ1n) is 8.33. The summed E-state index contributed by atoms with van der Waals surface area (Å²) in [5, 5.41) is 2.29. The Kier molecular flexibility index (Phi) is 4.33.